The van der Waals surface area contributed by atoms with E-state index in [0.717, 1.165) is 40.8 Å². The van der Waals surface area contributed by atoms with Crippen LogP contribution >= 0.6 is 0 Å². The number of unbranched alkanes of at least 4 members (excludes halogenated alkanes) is 1. The highest BCUT2D eigenvalue weighted by molar-refractivity contribution is 5.80. The second kappa shape index (κ2) is 14.6. The molecule has 0 amide bonds. The molecular formula is C36H34N8O4. The highest BCUT2D eigenvalue weighted by atomic mass is 16.6. The number of aromatic nitrogens is 8. The van der Waals surface area contributed by atoms with E-state index in [0.29, 0.717) is 35.6 Å². The maximum atomic E-state index is 14.1. The molecule has 0 spiro atoms. The fourth-order valence-corrected chi connectivity index (χ4v) is 5.51. The van der Waals surface area contributed by atoms with Gasteiger partial charge in [0, 0.05) is 23.1 Å². The number of ether oxygens (including phenoxy) is 2. The summed E-state index contributed by atoms with van der Waals surface area (Å²) < 4.78 is 12.3. The van der Waals surface area contributed by atoms with E-state index in [9.17, 15) is 9.59 Å². The summed E-state index contributed by atoms with van der Waals surface area (Å²) in [5.41, 5.74) is 5.59. The second-order valence-corrected chi connectivity index (χ2v) is 11.1. The van der Waals surface area contributed by atoms with Crippen LogP contribution in [0.15, 0.2) is 96.1 Å². The van der Waals surface area contributed by atoms with E-state index in [1.54, 1.807) is 19.1 Å². The van der Waals surface area contributed by atoms with Crippen LogP contribution in [-0.2, 0) is 22.4 Å². The molecular weight excluding hydrogens is 608 g/mol. The fourth-order valence-electron chi connectivity index (χ4n) is 5.51. The van der Waals surface area contributed by atoms with Crippen LogP contribution in [0, 0.1) is 6.92 Å². The topological polar surface area (TPSA) is 151 Å². The number of hydrogen-bond donors (Lipinski definition) is 1. The van der Waals surface area contributed by atoms with Crippen LogP contribution in [0.3, 0.4) is 0 Å². The summed E-state index contributed by atoms with van der Waals surface area (Å²) >= 11 is 0. The largest absolute Gasteiger partial charge is 0.471 e. The zero-order valence-electron chi connectivity index (χ0n) is 26.8. The molecule has 1 atom stereocenters. The zero-order valence-corrected chi connectivity index (χ0v) is 26.8. The van der Waals surface area contributed by atoms with Gasteiger partial charge in [-0.25, -0.2) is 29.4 Å². The molecule has 12 nitrogen and oxygen atoms in total. The average molecular weight is 643 g/mol. The molecule has 0 aliphatic carbocycles. The smallest absolute Gasteiger partial charge is 0.351 e. The first-order chi connectivity index (χ1) is 23.5. The van der Waals surface area contributed by atoms with Crippen LogP contribution < -0.4 is 10.3 Å². The van der Waals surface area contributed by atoms with Gasteiger partial charge in [0.05, 0.1) is 25.2 Å². The molecule has 0 fully saturated rings. The number of hydrogen-bond acceptors (Lipinski definition) is 10. The molecule has 12 heteroatoms. The number of methoxy groups -OCH3 is 1. The summed E-state index contributed by atoms with van der Waals surface area (Å²) in [6.45, 7) is 3.88. The number of carbonyl (C=O) groups excluding carboxylic acids is 1. The molecule has 3 aromatic carbocycles. The number of aryl methyl sites for hydroxylation is 2. The number of carbonyl (C=O) groups is 1. The Morgan fingerprint density at radius 2 is 1.65 bits per heavy atom. The molecule has 3 aromatic heterocycles. The Morgan fingerprint density at radius 3 is 2.31 bits per heavy atom. The lowest BCUT2D eigenvalue weighted by Crippen LogP contribution is -2.29. The van der Waals surface area contributed by atoms with Gasteiger partial charge in [-0.05, 0) is 46.9 Å². The zero-order chi connectivity index (χ0) is 33.5. The van der Waals surface area contributed by atoms with Gasteiger partial charge < -0.3 is 9.47 Å². The van der Waals surface area contributed by atoms with Crippen molar-refractivity contribution in [1.82, 2.24) is 40.1 Å². The Hall–Kier alpha value is -6.04. The molecule has 6 aromatic rings. The third-order valence-corrected chi connectivity index (χ3v) is 7.96. The van der Waals surface area contributed by atoms with Crippen molar-refractivity contribution in [3.8, 4) is 34.2 Å². The standard InChI is InChI=1S/C36H34N8O4/c1-4-5-15-31-30(20-24-16-18-25(19-17-24)28-13-9-10-14-29(28)33-40-42-43-41-33)34(45)44(23(2)39-31)36-37-21-27(22-38-36)48-32(35(46)47-3)26-11-7-6-8-12-26/h6-14,16-19,21-22,32H,4-5,15,20H2,1-3H3,(H,40,41,42,43). The van der Waals surface area contributed by atoms with E-state index < -0.39 is 12.1 Å². The molecule has 6 rings (SSSR count). The van der Waals surface area contributed by atoms with E-state index in [-0.39, 0.29) is 17.3 Å². The monoisotopic (exact) mass is 642 g/mol. The van der Waals surface area contributed by atoms with Crippen molar-refractivity contribution in [3.63, 3.8) is 0 Å². The minimum Gasteiger partial charge on any atom is -0.471 e. The molecule has 242 valence electrons. The average Bonchev–Trinajstić information content (AvgIpc) is 3.67. The summed E-state index contributed by atoms with van der Waals surface area (Å²) in [6, 6.07) is 25.0. The number of H-pyrrole nitrogens is 1. The van der Waals surface area contributed by atoms with Crippen molar-refractivity contribution in [2.24, 2.45) is 0 Å². The molecule has 0 saturated heterocycles. The summed E-state index contributed by atoms with van der Waals surface area (Å²) in [4.78, 5) is 40.4. The summed E-state index contributed by atoms with van der Waals surface area (Å²) in [6.07, 6.45) is 4.81. The van der Waals surface area contributed by atoms with E-state index in [4.69, 9.17) is 14.5 Å². The number of benzene rings is 3. The number of rotatable bonds is 12. The maximum absolute atomic E-state index is 14.1. The normalized spacial score (nSPS) is 11.6. The maximum Gasteiger partial charge on any atom is 0.351 e. The lowest BCUT2D eigenvalue weighted by molar-refractivity contribution is -0.149. The van der Waals surface area contributed by atoms with Crippen molar-refractivity contribution >= 4 is 5.97 Å². The summed E-state index contributed by atoms with van der Waals surface area (Å²) in [7, 11) is 1.30. The highest BCUT2D eigenvalue weighted by Crippen LogP contribution is 2.30. The van der Waals surface area contributed by atoms with Gasteiger partial charge in [0.2, 0.25) is 12.1 Å². The second-order valence-electron chi connectivity index (χ2n) is 11.1. The number of aromatic amines is 1. The fraction of sp³-hybridized carbons (Fsp3) is 0.222. The van der Waals surface area contributed by atoms with Crippen LogP contribution in [0.5, 0.6) is 5.75 Å². The van der Waals surface area contributed by atoms with Crippen molar-refractivity contribution in [2.45, 2.75) is 45.6 Å². The van der Waals surface area contributed by atoms with Gasteiger partial charge in [-0.2, -0.15) is 0 Å². The van der Waals surface area contributed by atoms with Gasteiger partial charge in [0.25, 0.3) is 5.56 Å². The predicted molar refractivity (Wildman–Crippen MR) is 178 cm³/mol. The van der Waals surface area contributed by atoms with E-state index >= 15 is 0 Å². The van der Waals surface area contributed by atoms with Crippen molar-refractivity contribution in [3.05, 3.63) is 130 Å². The first-order valence-electron chi connectivity index (χ1n) is 15.6. The van der Waals surface area contributed by atoms with Gasteiger partial charge in [-0.1, -0.05) is 92.2 Å². The van der Waals surface area contributed by atoms with Crippen LogP contribution in [0.1, 0.15) is 54.1 Å². The van der Waals surface area contributed by atoms with Crippen LogP contribution in [0.2, 0.25) is 0 Å². The lowest BCUT2D eigenvalue weighted by atomic mass is 9.96. The third kappa shape index (κ3) is 6.87. The summed E-state index contributed by atoms with van der Waals surface area (Å²) in [5.74, 6) is 0.914. The molecule has 3 heterocycles. The quantitative estimate of drug-likeness (QED) is 0.172. The van der Waals surface area contributed by atoms with E-state index in [2.05, 4.69) is 37.5 Å². The number of nitrogens with zero attached hydrogens (tertiary/aromatic N) is 7. The first-order valence-corrected chi connectivity index (χ1v) is 15.6. The van der Waals surface area contributed by atoms with E-state index in [1.807, 2.05) is 66.7 Å². The van der Waals surface area contributed by atoms with Crippen molar-refractivity contribution < 1.29 is 14.3 Å². The molecule has 1 N–H and O–H groups in total. The van der Waals surface area contributed by atoms with Crippen molar-refractivity contribution in [2.75, 3.05) is 7.11 Å². The first kappa shape index (κ1) is 31.9. The molecule has 0 bridgehead atoms. The van der Waals surface area contributed by atoms with Gasteiger partial charge in [-0.3, -0.25) is 4.79 Å². The molecule has 48 heavy (non-hydrogen) atoms. The molecule has 1 unspecified atom stereocenters. The number of esters is 1. The lowest BCUT2D eigenvalue weighted by Gasteiger charge is -2.17. The van der Waals surface area contributed by atoms with Gasteiger partial charge in [0.15, 0.2) is 11.6 Å². The van der Waals surface area contributed by atoms with Crippen LogP contribution in [0.4, 0.5) is 0 Å². The number of nitrogens with one attached hydrogen (secondary N) is 1. The Bertz CT molecular complexity index is 2050. The predicted octanol–water partition coefficient (Wildman–Crippen LogP) is 5.40. The molecule has 0 aliphatic heterocycles. The van der Waals surface area contributed by atoms with E-state index in [1.165, 1.54) is 24.1 Å². The molecule has 0 saturated carbocycles. The van der Waals surface area contributed by atoms with Crippen LogP contribution in [0.25, 0.3) is 28.5 Å². The Kier molecular flexibility index (Phi) is 9.70. The highest BCUT2D eigenvalue weighted by Gasteiger charge is 2.24. The summed E-state index contributed by atoms with van der Waals surface area (Å²) in [5, 5.41) is 14.3. The molecule has 0 radical (unpaired) electrons. The minimum atomic E-state index is -1.000. The molecule has 0 aliphatic rings. The van der Waals surface area contributed by atoms with Crippen molar-refractivity contribution in [1.29, 1.82) is 0 Å². The number of tetrazole rings is 1. The Labute approximate surface area is 276 Å². The van der Waals surface area contributed by atoms with Gasteiger partial charge >= 0.3 is 5.97 Å². The van der Waals surface area contributed by atoms with Crippen LogP contribution in [-0.4, -0.2) is 53.2 Å². The third-order valence-electron chi connectivity index (χ3n) is 7.96. The van der Waals surface area contributed by atoms with Gasteiger partial charge in [0.1, 0.15) is 5.82 Å². The van der Waals surface area contributed by atoms with Gasteiger partial charge in [-0.15, -0.1) is 5.10 Å². The SMILES string of the molecule is CCCCc1nc(C)n(-c2ncc(OC(C(=O)OC)c3ccccc3)cn2)c(=O)c1Cc1ccc(-c2ccccc2-c2nnn[nH]2)cc1. The Morgan fingerprint density at radius 1 is 0.938 bits per heavy atom. The Balaban J connectivity index is 1.29. The minimum absolute atomic E-state index is 0.156.